The van der Waals surface area contributed by atoms with E-state index in [1.165, 1.54) is 0 Å². The van der Waals surface area contributed by atoms with Crippen molar-refractivity contribution < 1.29 is 5.11 Å². The molecule has 1 rings (SSSR count). The van der Waals surface area contributed by atoms with E-state index in [-0.39, 0.29) is 6.61 Å². The van der Waals surface area contributed by atoms with Crippen LogP contribution in [0.4, 0.5) is 5.82 Å². The topological polar surface area (TPSA) is 36.4 Å². The second-order valence-electron chi connectivity index (χ2n) is 3.55. The summed E-state index contributed by atoms with van der Waals surface area (Å²) in [7, 11) is 2.03. The molecule has 1 aromatic heterocycles. The summed E-state index contributed by atoms with van der Waals surface area (Å²) in [6, 6.07) is 4.22. The predicted molar refractivity (Wildman–Crippen MR) is 58.3 cm³/mol. The van der Waals surface area contributed by atoms with E-state index in [9.17, 15) is 0 Å². The summed E-state index contributed by atoms with van der Waals surface area (Å²) in [6.07, 6.45) is 2.82. The molecule has 1 atom stereocenters. The number of rotatable bonds is 4. The van der Waals surface area contributed by atoms with Crippen LogP contribution >= 0.6 is 0 Å². The predicted octanol–water partition coefficient (Wildman–Crippen LogP) is 1.81. The molecule has 78 valence electrons. The standard InChI is InChI=1S/C11H18N2O/c1-4-9(2)13(3)11-7-10(8-14)5-6-12-11/h5-7,9,14H,4,8H2,1-3H3. The molecule has 1 N–H and O–H groups in total. The van der Waals surface area contributed by atoms with Gasteiger partial charge in [0.25, 0.3) is 0 Å². The van der Waals surface area contributed by atoms with Crippen LogP contribution < -0.4 is 4.90 Å². The van der Waals surface area contributed by atoms with Crippen molar-refractivity contribution in [2.24, 2.45) is 0 Å². The zero-order chi connectivity index (χ0) is 10.6. The highest BCUT2D eigenvalue weighted by Crippen LogP contribution is 2.14. The Hall–Kier alpha value is -1.09. The summed E-state index contributed by atoms with van der Waals surface area (Å²) in [5.74, 6) is 0.922. The normalized spacial score (nSPS) is 12.6. The van der Waals surface area contributed by atoms with E-state index in [4.69, 9.17) is 5.11 Å². The van der Waals surface area contributed by atoms with E-state index in [0.717, 1.165) is 17.8 Å². The lowest BCUT2D eigenvalue weighted by molar-refractivity contribution is 0.281. The Labute approximate surface area is 85.4 Å². The third-order valence-corrected chi connectivity index (χ3v) is 2.61. The molecule has 0 aliphatic carbocycles. The van der Waals surface area contributed by atoms with Crippen molar-refractivity contribution in [3.05, 3.63) is 23.9 Å². The van der Waals surface area contributed by atoms with Crippen LogP contribution in [0.25, 0.3) is 0 Å². The van der Waals surface area contributed by atoms with Crippen LogP contribution in [0, 0.1) is 0 Å². The van der Waals surface area contributed by atoms with Gasteiger partial charge in [0.15, 0.2) is 0 Å². The maximum atomic E-state index is 8.99. The molecule has 0 bridgehead atoms. The Morgan fingerprint density at radius 1 is 1.57 bits per heavy atom. The maximum absolute atomic E-state index is 8.99. The molecular formula is C11H18N2O. The molecule has 3 nitrogen and oxygen atoms in total. The van der Waals surface area contributed by atoms with Gasteiger partial charge in [0.1, 0.15) is 5.82 Å². The van der Waals surface area contributed by atoms with Crippen molar-refractivity contribution in [1.29, 1.82) is 0 Å². The number of hydrogen-bond acceptors (Lipinski definition) is 3. The van der Waals surface area contributed by atoms with Gasteiger partial charge in [0.2, 0.25) is 0 Å². The summed E-state index contributed by atoms with van der Waals surface area (Å²) in [6.45, 7) is 4.38. The molecule has 14 heavy (non-hydrogen) atoms. The van der Waals surface area contributed by atoms with Crippen molar-refractivity contribution in [1.82, 2.24) is 4.98 Å². The monoisotopic (exact) mass is 194 g/mol. The Bertz CT molecular complexity index is 288. The molecule has 0 amide bonds. The summed E-state index contributed by atoms with van der Waals surface area (Å²) < 4.78 is 0. The Morgan fingerprint density at radius 3 is 2.86 bits per heavy atom. The first-order valence-electron chi connectivity index (χ1n) is 4.97. The molecule has 1 unspecified atom stereocenters. The van der Waals surface area contributed by atoms with Crippen LogP contribution in [0.5, 0.6) is 0 Å². The number of hydrogen-bond donors (Lipinski definition) is 1. The first-order chi connectivity index (χ1) is 6.69. The molecule has 0 saturated heterocycles. The Balaban J connectivity index is 2.83. The van der Waals surface area contributed by atoms with E-state index in [1.54, 1.807) is 6.20 Å². The molecule has 0 aliphatic rings. The van der Waals surface area contributed by atoms with Gasteiger partial charge in [0, 0.05) is 19.3 Å². The van der Waals surface area contributed by atoms with Crippen molar-refractivity contribution in [2.45, 2.75) is 32.9 Å². The number of pyridine rings is 1. The minimum absolute atomic E-state index is 0.0733. The average molecular weight is 194 g/mol. The van der Waals surface area contributed by atoms with Crippen molar-refractivity contribution in [3.63, 3.8) is 0 Å². The average Bonchev–Trinajstić information content (AvgIpc) is 2.27. The molecule has 0 aromatic carbocycles. The lowest BCUT2D eigenvalue weighted by Gasteiger charge is -2.25. The molecule has 0 saturated carbocycles. The lowest BCUT2D eigenvalue weighted by atomic mass is 10.2. The third-order valence-electron chi connectivity index (χ3n) is 2.61. The van der Waals surface area contributed by atoms with Crippen molar-refractivity contribution in [3.8, 4) is 0 Å². The quantitative estimate of drug-likeness (QED) is 0.794. The molecule has 0 fully saturated rings. The smallest absolute Gasteiger partial charge is 0.128 e. The van der Waals surface area contributed by atoms with E-state index >= 15 is 0 Å². The summed E-state index contributed by atoms with van der Waals surface area (Å²) in [5, 5.41) is 8.99. The Kier molecular flexibility index (Phi) is 3.89. The fourth-order valence-electron chi connectivity index (χ4n) is 1.25. The van der Waals surface area contributed by atoms with E-state index < -0.39 is 0 Å². The largest absolute Gasteiger partial charge is 0.392 e. The number of anilines is 1. The van der Waals surface area contributed by atoms with Gasteiger partial charge >= 0.3 is 0 Å². The first-order valence-corrected chi connectivity index (χ1v) is 4.97. The van der Waals surface area contributed by atoms with Crippen LogP contribution in [0.1, 0.15) is 25.8 Å². The SMILES string of the molecule is CCC(C)N(C)c1cc(CO)ccn1. The fourth-order valence-corrected chi connectivity index (χ4v) is 1.25. The first kappa shape index (κ1) is 11.0. The summed E-state index contributed by atoms with van der Waals surface area (Å²) in [5.41, 5.74) is 0.908. The fraction of sp³-hybridized carbons (Fsp3) is 0.545. The molecule has 1 aromatic rings. The highest BCUT2D eigenvalue weighted by molar-refractivity contribution is 5.40. The van der Waals surface area contributed by atoms with Crippen LogP contribution in [0.3, 0.4) is 0 Å². The van der Waals surface area contributed by atoms with E-state index in [0.29, 0.717) is 6.04 Å². The number of aliphatic hydroxyl groups excluding tert-OH is 1. The Morgan fingerprint density at radius 2 is 2.29 bits per heavy atom. The molecule has 1 heterocycles. The second-order valence-corrected chi connectivity index (χ2v) is 3.55. The molecular weight excluding hydrogens is 176 g/mol. The van der Waals surface area contributed by atoms with Gasteiger partial charge in [-0.1, -0.05) is 6.92 Å². The summed E-state index contributed by atoms with van der Waals surface area (Å²) in [4.78, 5) is 6.40. The van der Waals surface area contributed by atoms with Crippen LogP contribution in [0.15, 0.2) is 18.3 Å². The highest BCUT2D eigenvalue weighted by atomic mass is 16.3. The van der Waals surface area contributed by atoms with Gasteiger partial charge in [-0.05, 0) is 31.0 Å². The zero-order valence-electron chi connectivity index (χ0n) is 9.07. The number of nitrogens with zero attached hydrogens (tertiary/aromatic N) is 2. The highest BCUT2D eigenvalue weighted by Gasteiger charge is 2.08. The number of aromatic nitrogens is 1. The van der Waals surface area contributed by atoms with Crippen LogP contribution in [-0.2, 0) is 6.61 Å². The van der Waals surface area contributed by atoms with Crippen molar-refractivity contribution in [2.75, 3.05) is 11.9 Å². The van der Waals surface area contributed by atoms with Crippen LogP contribution in [0.2, 0.25) is 0 Å². The second kappa shape index (κ2) is 4.96. The van der Waals surface area contributed by atoms with Gasteiger partial charge in [-0.3, -0.25) is 0 Å². The molecule has 3 heteroatoms. The minimum Gasteiger partial charge on any atom is -0.392 e. The van der Waals surface area contributed by atoms with Gasteiger partial charge in [-0.15, -0.1) is 0 Å². The minimum atomic E-state index is 0.0733. The lowest BCUT2D eigenvalue weighted by Crippen LogP contribution is -2.28. The van der Waals surface area contributed by atoms with Crippen LogP contribution in [-0.4, -0.2) is 23.2 Å². The van der Waals surface area contributed by atoms with Crippen molar-refractivity contribution >= 4 is 5.82 Å². The number of aliphatic hydroxyl groups is 1. The summed E-state index contributed by atoms with van der Waals surface area (Å²) >= 11 is 0. The zero-order valence-corrected chi connectivity index (χ0v) is 9.07. The van der Waals surface area contributed by atoms with Gasteiger partial charge in [-0.25, -0.2) is 4.98 Å². The van der Waals surface area contributed by atoms with Gasteiger partial charge < -0.3 is 10.0 Å². The van der Waals surface area contributed by atoms with Gasteiger partial charge in [0.05, 0.1) is 6.61 Å². The molecule has 0 aliphatic heterocycles. The maximum Gasteiger partial charge on any atom is 0.128 e. The molecule has 0 radical (unpaired) electrons. The third kappa shape index (κ3) is 2.45. The molecule has 0 spiro atoms. The van der Waals surface area contributed by atoms with E-state index in [1.807, 2.05) is 19.2 Å². The van der Waals surface area contributed by atoms with Gasteiger partial charge in [-0.2, -0.15) is 0 Å². The van der Waals surface area contributed by atoms with E-state index in [2.05, 4.69) is 23.7 Å².